The summed E-state index contributed by atoms with van der Waals surface area (Å²) in [4.78, 5) is 0. The second-order valence-corrected chi connectivity index (χ2v) is 19.6. The molecule has 2 saturated carbocycles. The molecule has 61 heavy (non-hydrogen) atoms. The minimum atomic E-state index is -6.74. The van der Waals surface area contributed by atoms with E-state index in [1.165, 1.54) is 11.1 Å². The van der Waals surface area contributed by atoms with Gasteiger partial charge in [0, 0.05) is 44.4 Å². The minimum absolute atomic E-state index is 0.224. The van der Waals surface area contributed by atoms with Gasteiger partial charge in [0.1, 0.15) is 5.75 Å². The molecule has 354 valence electrons. The smallest absolute Gasteiger partial charge is 0.435 e. The van der Waals surface area contributed by atoms with Crippen LogP contribution in [0.3, 0.4) is 0 Å². The van der Waals surface area contributed by atoms with Crippen molar-refractivity contribution < 1.29 is 72.7 Å². The lowest BCUT2D eigenvalue weighted by Gasteiger charge is -2.50. The molecule has 3 aliphatic carbocycles. The van der Waals surface area contributed by atoms with E-state index >= 15 is 0 Å². The second kappa shape index (κ2) is 24.4. The third kappa shape index (κ3) is 14.4. The average Bonchev–Trinajstić information content (AvgIpc) is 3.52. The molecule has 0 spiro atoms. The van der Waals surface area contributed by atoms with Crippen molar-refractivity contribution in [1.82, 2.24) is 0 Å². The fourth-order valence-corrected chi connectivity index (χ4v) is 11.1. The van der Waals surface area contributed by atoms with Crippen LogP contribution in [0.25, 0.3) is 0 Å². The number of benzene rings is 1. The lowest BCUT2D eigenvalue weighted by atomic mass is 9.55. The average molecular weight is 929 g/mol. The summed E-state index contributed by atoms with van der Waals surface area (Å²) in [6.07, 6.45) is -11.9. The third-order valence-electron chi connectivity index (χ3n) is 12.4. The number of aryl methyl sites for hydroxylation is 1. The van der Waals surface area contributed by atoms with Crippen LogP contribution >= 0.6 is 21.6 Å². The molecule has 0 bridgehead atoms. The molecule has 0 saturated heterocycles. The Kier molecular flexibility index (Phi) is 21.0. The molecule has 2 fully saturated rings. The maximum atomic E-state index is 13.2. The molecule has 18 heteroatoms. The number of fused-ring (bicyclic) bond motifs is 5. The molecular formula is C43H65F9O7S2. The SMILES string of the molecule is COCC(CCCOCCSSCCOCCCCOc1ccc2c(c1)CCC1C2CCC2(C)C(OCCCOC(C(F)(F)F)(C(F)(F)F)C(F)(F)F)CCC12)COC(C)C. The van der Waals surface area contributed by atoms with Gasteiger partial charge in [-0.1, -0.05) is 34.6 Å². The van der Waals surface area contributed by atoms with E-state index in [2.05, 4.69) is 23.8 Å². The summed E-state index contributed by atoms with van der Waals surface area (Å²) < 4.78 is 157. The molecule has 1 aromatic rings. The number of rotatable bonds is 28. The number of ether oxygens (including phenoxy) is 7. The minimum Gasteiger partial charge on any atom is -0.494 e. The van der Waals surface area contributed by atoms with Gasteiger partial charge in [0.15, 0.2) is 0 Å². The van der Waals surface area contributed by atoms with Crippen LogP contribution in [0.4, 0.5) is 39.5 Å². The van der Waals surface area contributed by atoms with Crippen molar-refractivity contribution in [3.63, 3.8) is 0 Å². The third-order valence-corrected chi connectivity index (χ3v) is 14.7. The first-order valence-electron chi connectivity index (χ1n) is 21.6. The summed E-state index contributed by atoms with van der Waals surface area (Å²) in [5, 5.41) is 0. The Balaban J connectivity index is 1.07. The molecule has 4 rings (SSSR count). The summed E-state index contributed by atoms with van der Waals surface area (Å²) in [6.45, 7) is 9.35. The molecule has 6 atom stereocenters. The predicted octanol–water partition coefficient (Wildman–Crippen LogP) is 11.8. The van der Waals surface area contributed by atoms with Crippen LogP contribution in [-0.4, -0.2) is 114 Å². The number of halogens is 9. The molecule has 0 aromatic heterocycles. The predicted molar refractivity (Wildman–Crippen MR) is 219 cm³/mol. The van der Waals surface area contributed by atoms with Crippen LogP contribution in [0.2, 0.25) is 0 Å². The Morgan fingerprint density at radius 1 is 0.738 bits per heavy atom. The summed E-state index contributed by atoms with van der Waals surface area (Å²) in [7, 11) is 5.32. The highest BCUT2D eigenvalue weighted by molar-refractivity contribution is 8.76. The highest BCUT2D eigenvalue weighted by Gasteiger charge is 2.85. The van der Waals surface area contributed by atoms with E-state index in [-0.39, 0.29) is 24.2 Å². The second-order valence-electron chi connectivity index (χ2n) is 16.9. The van der Waals surface area contributed by atoms with Crippen molar-refractivity contribution in [3.8, 4) is 5.75 Å². The Hall–Kier alpha value is -1.15. The highest BCUT2D eigenvalue weighted by atomic mass is 33.1. The summed E-state index contributed by atoms with van der Waals surface area (Å²) >= 11 is 0. The summed E-state index contributed by atoms with van der Waals surface area (Å²) in [5.41, 5.74) is -3.91. The standard InChI is InChI=1S/C43H65F9O7S2/c1-30(2)58-29-31(28-53-4)9-7-19-55-24-26-61-60-25-23-54-18-5-6-20-56-33-11-13-34-32(27-33)10-12-36-35(34)16-17-39(3)37(36)14-15-38(39)57-21-8-22-59-40(41(44,45)46,42(47,48)49)43(50,51)52/h11,13,27,30-31,35-38H,5-10,12,14-26,28-29H2,1-4H3. The van der Waals surface area contributed by atoms with Crippen molar-refractivity contribution in [2.75, 3.05) is 78.1 Å². The van der Waals surface area contributed by atoms with Gasteiger partial charge in [0.05, 0.1) is 51.8 Å². The van der Waals surface area contributed by atoms with Crippen LogP contribution in [0.15, 0.2) is 18.2 Å². The number of hydrogen-bond donors (Lipinski definition) is 0. The van der Waals surface area contributed by atoms with Crippen LogP contribution in [0.5, 0.6) is 5.75 Å². The van der Waals surface area contributed by atoms with E-state index in [4.69, 9.17) is 28.4 Å². The molecule has 7 nitrogen and oxygen atoms in total. The lowest BCUT2D eigenvalue weighted by Crippen LogP contribution is -2.67. The van der Waals surface area contributed by atoms with Crippen LogP contribution in [0.1, 0.15) is 102 Å². The van der Waals surface area contributed by atoms with Gasteiger partial charge in [-0.2, -0.15) is 39.5 Å². The van der Waals surface area contributed by atoms with Gasteiger partial charge >= 0.3 is 24.1 Å². The molecule has 1 aromatic carbocycles. The molecule has 0 aliphatic heterocycles. The van der Waals surface area contributed by atoms with Gasteiger partial charge in [0.2, 0.25) is 0 Å². The maximum absolute atomic E-state index is 13.2. The van der Waals surface area contributed by atoms with Crippen molar-refractivity contribution in [2.45, 2.75) is 134 Å². The van der Waals surface area contributed by atoms with Crippen molar-refractivity contribution in [1.29, 1.82) is 0 Å². The van der Waals surface area contributed by atoms with Crippen molar-refractivity contribution >= 4 is 21.6 Å². The Bertz CT molecular complexity index is 1380. The monoisotopic (exact) mass is 928 g/mol. The molecule has 0 amide bonds. The summed E-state index contributed by atoms with van der Waals surface area (Å²) in [6, 6.07) is 6.35. The Morgan fingerprint density at radius 3 is 2.03 bits per heavy atom. The molecular weight excluding hydrogens is 864 g/mol. The highest BCUT2D eigenvalue weighted by Crippen LogP contribution is 2.62. The van der Waals surface area contributed by atoms with Crippen LogP contribution in [0, 0.1) is 23.2 Å². The lowest BCUT2D eigenvalue weighted by molar-refractivity contribution is -0.457. The number of methoxy groups -OCH3 is 1. The first kappa shape index (κ1) is 52.5. The fourth-order valence-electron chi connectivity index (χ4n) is 9.37. The largest absolute Gasteiger partial charge is 0.494 e. The van der Waals surface area contributed by atoms with Gasteiger partial charge in [-0.15, -0.1) is 0 Å². The van der Waals surface area contributed by atoms with Crippen LogP contribution in [-0.2, 0) is 34.8 Å². The molecule has 0 N–H and O–H groups in total. The number of alkyl halides is 9. The van der Waals surface area contributed by atoms with E-state index in [0.717, 1.165) is 88.3 Å². The number of hydrogen-bond acceptors (Lipinski definition) is 9. The van der Waals surface area contributed by atoms with Crippen LogP contribution < -0.4 is 4.74 Å². The topological polar surface area (TPSA) is 64.6 Å². The molecule has 0 radical (unpaired) electrons. The summed E-state index contributed by atoms with van der Waals surface area (Å²) in [5.74, 6) is 4.15. The van der Waals surface area contributed by atoms with E-state index in [1.807, 2.05) is 19.9 Å². The fraction of sp³-hybridized carbons (Fsp3) is 0.860. The zero-order chi connectivity index (χ0) is 44.7. The van der Waals surface area contributed by atoms with E-state index in [1.54, 1.807) is 28.7 Å². The van der Waals surface area contributed by atoms with Crippen molar-refractivity contribution in [3.05, 3.63) is 29.3 Å². The zero-order valence-electron chi connectivity index (χ0n) is 35.8. The molecule has 3 aliphatic rings. The normalized spacial score (nSPS) is 23.8. The quantitative estimate of drug-likeness (QED) is 0.0464. The van der Waals surface area contributed by atoms with E-state index < -0.39 is 37.2 Å². The Labute approximate surface area is 363 Å². The zero-order valence-corrected chi connectivity index (χ0v) is 37.5. The maximum Gasteiger partial charge on any atom is 0.435 e. The van der Waals surface area contributed by atoms with Gasteiger partial charge in [-0.25, -0.2) is 0 Å². The van der Waals surface area contributed by atoms with Gasteiger partial charge in [0.25, 0.3) is 0 Å². The molecule has 6 unspecified atom stereocenters. The molecule has 0 heterocycles. The first-order chi connectivity index (χ1) is 28.9. The van der Waals surface area contributed by atoms with E-state index in [0.29, 0.717) is 63.1 Å². The van der Waals surface area contributed by atoms with Gasteiger partial charge in [-0.05, 0) is 131 Å². The van der Waals surface area contributed by atoms with E-state index in [9.17, 15) is 39.5 Å². The van der Waals surface area contributed by atoms with Gasteiger partial charge < -0.3 is 33.2 Å². The number of unbranched alkanes of at least 4 members (excludes halogenated alkanes) is 1. The first-order valence-corrected chi connectivity index (χ1v) is 24.1. The van der Waals surface area contributed by atoms with Crippen molar-refractivity contribution in [2.24, 2.45) is 23.2 Å². The Morgan fingerprint density at radius 2 is 1.39 bits per heavy atom. The van der Waals surface area contributed by atoms with Gasteiger partial charge in [-0.3, -0.25) is 0 Å².